The molecule has 6 saturated heterocycles. The van der Waals surface area contributed by atoms with Gasteiger partial charge in [-0.25, -0.2) is 42.7 Å². The molecule has 6 aliphatic heterocycles. The number of carbonyl (C=O) groups is 8. The highest BCUT2D eigenvalue weighted by Crippen LogP contribution is 2.42. The third-order valence-electron chi connectivity index (χ3n) is 6.04. The quantitative estimate of drug-likeness (QED) is 0.140. The molecular formula is C17H17I8N11O8. The van der Waals surface area contributed by atoms with Crippen molar-refractivity contribution >= 4 is 231 Å². The molecule has 0 saturated carbocycles. The first-order chi connectivity index (χ1) is 20.2. The molecule has 6 aliphatic rings. The molecule has 0 spiro atoms. The van der Waals surface area contributed by atoms with Gasteiger partial charge in [-0.3, -0.25) is 17.5 Å². The minimum atomic E-state index is -0.696. The zero-order valence-electron chi connectivity index (χ0n) is 21.6. The maximum Gasteiger partial charge on any atom is 0.345 e. The second kappa shape index (κ2) is 15.7. The Bertz CT molecular complexity index is 1230. The summed E-state index contributed by atoms with van der Waals surface area (Å²) < 4.78 is 11.2. The van der Waals surface area contributed by atoms with E-state index in [-0.39, 0.29) is 72.5 Å². The number of nitrogens with zero attached hydrogens (tertiary/aromatic N) is 8. The number of nitrogens with one attached hydrogen (secondary N) is 3. The van der Waals surface area contributed by atoms with Crippen molar-refractivity contribution in [2.45, 2.75) is 56.9 Å². The van der Waals surface area contributed by atoms with Crippen molar-refractivity contribution in [2.24, 2.45) is 0 Å². The zero-order chi connectivity index (χ0) is 33.6. The van der Waals surface area contributed by atoms with Gasteiger partial charge in [-0.15, -0.1) is 0 Å². The van der Waals surface area contributed by atoms with E-state index in [0.29, 0.717) is 12.8 Å². The summed E-state index contributed by atoms with van der Waals surface area (Å²) in [6.45, 7) is 3.44. The average molecular weight is 1520 g/mol. The molecule has 6 fully saturated rings. The van der Waals surface area contributed by atoms with Crippen LogP contribution in [0.25, 0.3) is 0 Å². The molecule has 0 radical (unpaired) electrons. The van der Waals surface area contributed by atoms with Gasteiger partial charge in [-0.1, -0.05) is 0 Å². The van der Waals surface area contributed by atoms with Crippen LogP contribution in [0.15, 0.2) is 0 Å². The molecule has 44 heavy (non-hydrogen) atoms. The van der Waals surface area contributed by atoms with Crippen molar-refractivity contribution in [3.63, 3.8) is 0 Å². The van der Waals surface area contributed by atoms with Crippen molar-refractivity contribution in [1.29, 1.82) is 0 Å². The lowest BCUT2D eigenvalue weighted by molar-refractivity contribution is -0.130. The van der Waals surface area contributed by atoms with Gasteiger partial charge in [-0.2, -0.15) is 3.11 Å². The molecule has 2 unspecified atom stereocenters. The van der Waals surface area contributed by atoms with Crippen LogP contribution >= 0.6 is 183 Å². The van der Waals surface area contributed by atoms with E-state index in [1.165, 1.54) is 18.7 Å². The normalized spacial score (nSPS) is 28.3. The van der Waals surface area contributed by atoms with Crippen LogP contribution in [-0.2, 0) is 14.4 Å². The Morgan fingerprint density at radius 3 is 1.30 bits per heavy atom. The zero-order valence-corrected chi connectivity index (χ0v) is 38.9. The number of amides is 13. The van der Waals surface area contributed by atoms with E-state index in [0.717, 1.165) is 6.23 Å². The number of hydrogen-bond donors (Lipinski definition) is 3. The molecule has 0 aromatic rings. The second-order valence-electron chi connectivity index (χ2n) is 9.21. The number of fused-ring (bicyclic) bond motifs is 2. The number of carbonyl (C=O) groups excluding carboxylic acids is 8. The molecule has 0 bridgehead atoms. The number of urea groups is 5. The highest BCUT2D eigenvalue weighted by atomic mass is 127. The Balaban J connectivity index is 0.000000163. The molecule has 2 atom stereocenters. The van der Waals surface area contributed by atoms with Crippen molar-refractivity contribution in [3.8, 4) is 0 Å². The largest absolute Gasteiger partial charge is 0.345 e. The van der Waals surface area contributed by atoms with Crippen LogP contribution in [-0.4, -0.2) is 103 Å². The van der Waals surface area contributed by atoms with Crippen LogP contribution in [0.3, 0.4) is 0 Å². The molecule has 0 aromatic heterocycles. The molecule has 6 heterocycles. The molecule has 19 nitrogen and oxygen atoms in total. The van der Waals surface area contributed by atoms with Crippen molar-refractivity contribution in [2.75, 3.05) is 0 Å². The first kappa shape index (κ1) is 39.4. The molecule has 13 amide bonds. The lowest BCUT2D eigenvalue weighted by Gasteiger charge is -2.19. The highest BCUT2D eigenvalue weighted by Gasteiger charge is 2.58. The average Bonchev–Trinajstić information content (AvgIpc) is 3.72. The van der Waals surface area contributed by atoms with Gasteiger partial charge in [0.15, 0.2) is 18.5 Å². The van der Waals surface area contributed by atoms with E-state index in [2.05, 4.69) is 16.0 Å². The van der Waals surface area contributed by atoms with Crippen LogP contribution in [0.4, 0.5) is 24.0 Å². The third kappa shape index (κ3) is 7.90. The van der Waals surface area contributed by atoms with Crippen LogP contribution in [0.5, 0.6) is 0 Å². The molecule has 27 heteroatoms. The van der Waals surface area contributed by atoms with Gasteiger partial charge >= 0.3 is 30.2 Å². The van der Waals surface area contributed by atoms with E-state index < -0.39 is 5.54 Å². The number of rotatable bonds is 0. The molecular weight excluding hydrogens is 1500 g/mol. The standard InChI is InChI=1S/C5H6I2N2O2.C4H2I4N4O2.C4H5IN4O2.C4H4INO2/c1-5(2)3(10)8(6)4(11)9(5)7;5-9-1-2(11(7)3(9)13)12(8)4(14)10(1)6;5-9-2-1(7-4(9)11)6-3(10)8-2;5-6-3(7)1-2-4(6)8/h1-2H3;1-2H;1-2H,(H,7,11)(H2,6,8,10);1-2H2. The van der Waals surface area contributed by atoms with Crippen molar-refractivity contribution in [3.05, 3.63) is 0 Å². The maximum absolute atomic E-state index is 11.6. The molecule has 0 aromatic carbocycles. The molecule has 0 aliphatic carbocycles. The van der Waals surface area contributed by atoms with Gasteiger partial charge in [0, 0.05) is 12.8 Å². The highest BCUT2D eigenvalue weighted by molar-refractivity contribution is 14.1. The van der Waals surface area contributed by atoms with Crippen molar-refractivity contribution in [1.82, 2.24) is 40.9 Å². The predicted octanol–water partition coefficient (Wildman–Crippen LogP) is 4.06. The lowest BCUT2D eigenvalue weighted by Crippen LogP contribution is -2.39. The maximum atomic E-state index is 11.6. The smallest absolute Gasteiger partial charge is 0.314 e. The molecule has 6 rings (SSSR count). The van der Waals surface area contributed by atoms with Gasteiger partial charge in [0.2, 0.25) is 11.8 Å². The van der Waals surface area contributed by atoms with E-state index in [4.69, 9.17) is 0 Å². The van der Waals surface area contributed by atoms with E-state index >= 15 is 0 Å². The van der Waals surface area contributed by atoms with Gasteiger partial charge in [0.25, 0.3) is 5.91 Å². The monoisotopic (exact) mass is 1520 g/mol. The topological polar surface area (TPSA) is 199 Å². The van der Waals surface area contributed by atoms with Crippen molar-refractivity contribution < 1.29 is 38.4 Å². The van der Waals surface area contributed by atoms with Gasteiger partial charge < -0.3 is 16.0 Å². The first-order valence-corrected chi connectivity index (χ1v) is 19.2. The fourth-order valence-electron chi connectivity index (χ4n) is 3.66. The summed E-state index contributed by atoms with van der Waals surface area (Å²) >= 11 is 14.9. The lowest BCUT2D eigenvalue weighted by atomic mass is 10.1. The predicted molar refractivity (Wildman–Crippen MR) is 217 cm³/mol. The van der Waals surface area contributed by atoms with E-state index in [9.17, 15) is 38.4 Å². The summed E-state index contributed by atoms with van der Waals surface area (Å²) in [5, 5.41) is 7.71. The Kier molecular flexibility index (Phi) is 14.1. The fourth-order valence-corrected chi connectivity index (χ4v) is 11.2. The van der Waals surface area contributed by atoms with E-state index in [1.807, 2.05) is 137 Å². The minimum absolute atomic E-state index is 0.0735. The van der Waals surface area contributed by atoms with Crippen LogP contribution in [0.1, 0.15) is 26.7 Å². The number of halogens is 8. The van der Waals surface area contributed by atoms with Crippen LogP contribution in [0.2, 0.25) is 0 Å². The molecule has 3 N–H and O–H groups in total. The summed E-state index contributed by atoms with van der Waals surface area (Å²) in [6, 6.07) is -0.870. The third-order valence-corrected chi connectivity index (χ3v) is 14.6. The first-order valence-electron chi connectivity index (χ1n) is 11.5. The summed E-state index contributed by atoms with van der Waals surface area (Å²) in [4.78, 5) is 88.2. The molecule has 244 valence electrons. The number of imide groups is 2. The Labute approximate surface area is 361 Å². The Morgan fingerprint density at radius 1 is 0.591 bits per heavy atom. The van der Waals surface area contributed by atoms with Crippen LogP contribution in [0, 0.1) is 0 Å². The van der Waals surface area contributed by atoms with Gasteiger partial charge in [0.1, 0.15) is 11.7 Å². The second-order valence-corrected chi connectivity index (χ2v) is 17.3. The Morgan fingerprint density at radius 2 is 1.02 bits per heavy atom. The van der Waals surface area contributed by atoms with Gasteiger partial charge in [0.05, 0.1) is 183 Å². The summed E-state index contributed by atoms with van der Waals surface area (Å²) in [5.74, 6) is -0.316. The van der Waals surface area contributed by atoms with Crippen LogP contribution < -0.4 is 16.0 Å². The number of hydrogen-bond acceptors (Lipinski definition) is 8. The Hall–Kier alpha value is 1.00. The SMILES string of the molecule is CC1(C)C(=O)N(I)C(=O)N1I.O=C1CCC(=O)N1I.O=C1N(I)C2C(N1I)N(I)C(=O)N2I.O=C1NC2NC(=O)N(I)C2N1. The summed E-state index contributed by atoms with van der Waals surface area (Å²) in [5.41, 5.74) is -0.696. The summed E-state index contributed by atoms with van der Waals surface area (Å²) in [7, 11) is 0. The summed E-state index contributed by atoms with van der Waals surface area (Å²) in [6.07, 6.45) is -0.165. The van der Waals surface area contributed by atoms with E-state index in [1.54, 1.807) is 59.6 Å². The minimum Gasteiger partial charge on any atom is -0.314 e. The van der Waals surface area contributed by atoms with Gasteiger partial charge in [-0.05, 0) is 13.8 Å². The fraction of sp³-hybridized carbons (Fsp3) is 0.529.